The number of rotatable bonds is 5. The normalized spacial score (nSPS) is 21.8. The standard InChI is InChI=1S/C18H25N3/c1-14-7-6-8-16(14)11-19-12-18-13-20-15(2)21(18)17-9-4-3-5-10-17/h3-5,9-10,13-14,16,19H,6-8,11-12H2,1-2H3. The molecule has 1 heterocycles. The summed E-state index contributed by atoms with van der Waals surface area (Å²) in [5.41, 5.74) is 2.43. The van der Waals surface area contributed by atoms with Crippen LogP contribution >= 0.6 is 0 Å². The topological polar surface area (TPSA) is 29.9 Å². The summed E-state index contributed by atoms with van der Waals surface area (Å²) in [5.74, 6) is 2.77. The van der Waals surface area contributed by atoms with Crippen LogP contribution in [0.3, 0.4) is 0 Å². The Morgan fingerprint density at radius 1 is 1.24 bits per heavy atom. The van der Waals surface area contributed by atoms with E-state index in [1.807, 2.05) is 6.20 Å². The van der Waals surface area contributed by atoms with Gasteiger partial charge in [-0.05, 0) is 43.9 Å². The van der Waals surface area contributed by atoms with Crippen molar-refractivity contribution in [3.8, 4) is 5.69 Å². The van der Waals surface area contributed by atoms with Gasteiger partial charge in [0, 0.05) is 12.2 Å². The molecule has 2 atom stereocenters. The second kappa shape index (κ2) is 6.44. The molecular formula is C18H25N3. The highest BCUT2D eigenvalue weighted by atomic mass is 15.1. The summed E-state index contributed by atoms with van der Waals surface area (Å²) in [4.78, 5) is 4.48. The molecule has 0 amide bonds. The van der Waals surface area contributed by atoms with Crippen LogP contribution < -0.4 is 5.32 Å². The van der Waals surface area contributed by atoms with Gasteiger partial charge in [-0.3, -0.25) is 4.57 Å². The molecule has 0 bridgehead atoms. The number of hydrogen-bond donors (Lipinski definition) is 1. The first-order valence-corrected chi connectivity index (χ1v) is 8.05. The van der Waals surface area contributed by atoms with Crippen LogP contribution in [0.1, 0.15) is 37.7 Å². The predicted molar refractivity (Wildman–Crippen MR) is 86.5 cm³/mol. The number of aromatic nitrogens is 2. The third-order valence-corrected chi connectivity index (χ3v) is 4.78. The van der Waals surface area contributed by atoms with E-state index in [9.17, 15) is 0 Å². The van der Waals surface area contributed by atoms with Crippen LogP contribution in [-0.2, 0) is 6.54 Å². The zero-order valence-electron chi connectivity index (χ0n) is 13.0. The van der Waals surface area contributed by atoms with E-state index in [2.05, 4.69) is 59.0 Å². The monoisotopic (exact) mass is 283 g/mol. The molecule has 1 aromatic carbocycles. The van der Waals surface area contributed by atoms with Crippen molar-refractivity contribution in [3.63, 3.8) is 0 Å². The highest BCUT2D eigenvalue weighted by Crippen LogP contribution is 2.30. The second-order valence-corrected chi connectivity index (χ2v) is 6.27. The minimum Gasteiger partial charge on any atom is -0.311 e. The number of nitrogens with zero attached hydrogens (tertiary/aromatic N) is 2. The van der Waals surface area contributed by atoms with Crippen LogP contribution in [-0.4, -0.2) is 16.1 Å². The second-order valence-electron chi connectivity index (χ2n) is 6.27. The Labute approximate surface area is 127 Å². The highest BCUT2D eigenvalue weighted by Gasteiger charge is 2.22. The lowest BCUT2D eigenvalue weighted by Crippen LogP contribution is -2.25. The minimum atomic E-state index is 0.846. The molecule has 1 fully saturated rings. The van der Waals surface area contributed by atoms with Crippen molar-refractivity contribution in [1.82, 2.24) is 14.9 Å². The van der Waals surface area contributed by atoms with Crippen molar-refractivity contribution in [2.75, 3.05) is 6.54 Å². The van der Waals surface area contributed by atoms with Gasteiger partial charge in [0.1, 0.15) is 5.82 Å². The molecule has 21 heavy (non-hydrogen) atoms. The van der Waals surface area contributed by atoms with E-state index in [1.165, 1.54) is 30.6 Å². The fourth-order valence-electron chi connectivity index (χ4n) is 3.46. The molecule has 3 rings (SSSR count). The minimum absolute atomic E-state index is 0.846. The molecule has 0 spiro atoms. The van der Waals surface area contributed by atoms with Crippen molar-refractivity contribution < 1.29 is 0 Å². The number of benzene rings is 1. The average Bonchev–Trinajstić information content (AvgIpc) is 3.07. The van der Waals surface area contributed by atoms with Crippen LogP contribution in [0.5, 0.6) is 0 Å². The van der Waals surface area contributed by atoms with E-state index >= 15 is 0 Å². The molecule has 1 aliphatic carbocycles. The lowest BCUT2D eigenvalue weighted by Gasteiger charge is -2.16. The summed E-state index contributed by atoms with van der Waals surface area (Å²) >= 11 is 0. The smallest absolute Gasteiger partial charge is 0.110 e. The molecule has 1 aromatic heterocycles. The van der Waals surface area contributed by atoms with E-state index in [-0.39, 0.29) is 0 Å². The number of hydrogen-bond acceptors (Lipinski definition) is 2. The maximum Gasteiger partial charge on any atom is 0.110 e. The number of imidazole rings is 1. The average molecular weight is 283 g/mol. The molecule has 2 unspecified atom stereocenters. The summed E-state index contributed by atoms with van der Waals surface area (Å²) in [7, 11) is 0. The molecular weight excluding hydrogens is 258 g/mol. The molecule has 1 saturated carbocycles. The van der Waals surface area contributed by atoms with E-state index in [1.54, 1.807) is 0 Å². The highest BCUT2D eigenvalue weighted by molar-refractivity contribution is 5.35. The van der Waals surface area contributed by atoms with Gasteiger partial charge in [-0.2, -0.15) is 0 Å². The number of aryl methyl sites for hydroxylation is 1. The lowest BCUT2D eigenvalue weighted by atomic mass is 9.98. The zero-order valence-corrected chi connectivity index (χ0v) is 13.0. The number of nitrogens with one attached hydrogen (secondary N) is 1. The van der Waals surface area contributed by atoms with Crippen molar-refractivity contribution >= 4 is 0 Å². The quantitative estimate of drug-likeness (QED) is 0.906. The Morgan fingerprint density at radius 3 is 2.76 bits per heavy atom. The van der Waals surface area contributed by atoms with Crippen molar-refractivity contribution in [2.45, 2.75) is 39.7 Å². The summed E-state index contributed by atoms with van der Waals surface area (Å²) in [6, 6.07) is 10.5. The molecule has 2 aromatic rings. The van der Waals surface area contributed by atoms with Crippen molar-refractivity contribution in [3.05, 3.63) is 48.0 Å². The van der Waals surface area contributed by atoms with Gasteiger partial charge in [-0.25, -0.2) is 4.98 Å². The largest absolute Gasteiger partial charge is 0.311 e. The summed E-state index contributed by atoms with van der Waals surface area (Å²) in [6.45, 7) is 6.46. The van der Waals surface area contributed by atoms with Gasteiger partial charge >= 0.3 is 0 Å². The number of para-hydroxylation sites is 1. The van der Waals surface area contributed by atoms with Gasteiger partial charge in [-0.15, -0.1) is 0 Å². The third-order valence-electron chi connectivity index (χ3n) is 4.78. The van der Waals surface area contributed by atoms with Gasteiger partial charge in [-0.1, -0.05) is 38.0 Å². The molecule has 3 nitrogen and oxygen atoms in total. The van der Waals surface area contributed by atoms with Gasteiger partial charge in [0.2, 0.25) is 0 Å². The van der Waals surface area contributed by atoms with Crippen molar-refractivity contribution in [2.24, 2.45) is 11.8 Å². The summed E-state index contributed by atoms with van der Waals surface area (Å²) in [5, 5.41) is 3.64. The maximum atomic E-state index is 4.48. The fraction of sp³-hybridized carbons (Fsp3) is 0.500. The first-order valence-electron chi connectivity index (χ1n) is 8.05. The maximum absolute atomic E-state index is 4.48. The Balaban J connectivity index is 1.66. The molecule has 1 N–H and O–H groups in total. The van der Waals surface area contributed by atoms with Gasteiger partial charge in [0.15, 0.2) is 0 Å². The Bertz CT molecular complexity index is 573. The Hall–Kier alpha value is -1.61. The van der Waals surface area contributed by atoms with Gasteiger partial charge in [0.25, 0.3) is 0 Å². The first-order chi connectivity index (χ1) is 10.3. The summed E-state index contributed by atoms with van der Waals surface area (Å²) in [6.07, 6.45) is 6.17. The van der Waals surface area contributed by atoms with E-state index in [0.717, 1.165) is 30.7 Å². The van der Waals surface area contributed by atoms with Crippen LogP contribution in [0.2, 0.25) is 0 Å². The molecule has 3 heteroatoms. The fourth-order valence-corrected chi connectivity index (χ4v) is 3.46. The summed E-state index contributed by atoms with van der Waals surface area (Å²) < 4.78 is 2.24. The molecule has 0 radical (unpaired) electrons. The van der Waals surface area contributed by atoms with E-state index in [0.29, 0.717) is 0 Å². The van der Waals surface area contributed by atoms with Crippen LogP contribution in [0.15, 0.2) is 36.5 Å². The predicted octanol–water partition coefficient (Wildman–Crippen LogP) is 3.71. The van der Waals surface area contributed by atoms with Crippen LogP contribution in [0.4, 0.5) is 0 Å². The third kappa shape index (κ3) is 3.18. The van der Waals surface area contributed by atoms with E-state index in [4.69, 9.17) is 0 Å². The zero-order chi connectivity index (χ0) is 14.7. The van der Waals surface area contributed by atoms with Crippen molar-refractivity contribution in [1.29, 1.82) is 0 Å². The van der Waals surface area contributed by atoms with Gasteiger partial charge < -0.3 is 5.32 Å². The molecule has 1 aliphatic rings. The lowest BCUT2D eigenvalue weighted by molar-refractivity contribution is 0.390. The van der Waals surface area contributed by atoms with Gasteiger partial charge in [0.05, 0.1) is 11.9 Å². The Kier molecular flexibility index (Phi) is 4.39. The first kappa shape index (κ1) is 14.3. The van der Waals surface area contributed by atoms with Crippen LogP contribution in [0.25, 0.3) is 5.69 Å². The molecule has 112 valence electrons. The SMILES string of the molecule is Cc1ncc(CNCC2CCCC2C)n1-c1ccccc1. The molecule has 0 saturated heterocycles. The molecule has 0 aliphatic heterocycles. The van der Waals surface area contributed by atoms with Crippen LogP contribution in [0, 0.1) is 18.8 Å². The van der Waals surface area contributed by atoms with E-state index < -0.39 is 0 Å². The Morgan fingerprint density at radius 2 is 2.05 bits per heavy atom.